The first-order valence-corrected chi connectivity index (χ1v) is 7.44. The summed E-state index contributed by atoms with van der Waals surface area (Å²) in [6, 6.07) is 6.30. The van der Waals surface area contributed by atoms with Crippen LogP contribution in [0.4, 0.5) is 0 Å². The van der Waals surface area contributed by atoms with Gasteiger partial charge in [0.1, 0.15) is 5.82 Å². The molecule has 1 heterocycles. The van der Waals surface area contributed by atoms with E-state index < -0.39 is 0 Å². The van der Waals surface area contributed by atoms with E-state index in [2.05, 4.69) is 57.5 Å². The van der Waals surface area contributed by atoms with Gasteiger partial charge in [-0.05, 0) is 35.4 Å². The number of aryl methyl sites for hydroxylation is 1. The third-order valence-electron chi connectivity index (χ3n) is 3.77. The summed E-state index contributed by atoms with van der Waals surface area (Å²) >= 11 is 0. The first-order chi connectivity index (χ1) is 9.30. The molecule has 0 aliphatic heterocycles. The van der Waals surface area contributed by atoms with Crippen LogP contribution in [0.5, 0.6) is 0 Å². The number of aromatic nitrogens is 2. The number of nitrogens with two attached hydrogens (primary N) is 1. The maximum atomic E-state index is 5.72. The van der Waals surface area contributed by atoms with Crippen molar-refractivity contribution >= 4 is 11.0 Å². The van der Waals surface area contributed by atoms with Gasteiger partial charge in [0.2, 0.25) is 0 Å². The molecule has 0 bridgehead atoms. The molecule has 0 aliphatic rings. The second kappa shape index (κ2) is 5.57. The largest absolute Gasteiger partial charge is 0.331 e. The van der Waals surface area contributed by atoms with Crippen molar-refractivity contribution < 1.29 is 0 Å². The van der Waals surface area contributed by atoms with Crippen LogP contribution in [0.1, 0.15) is 45.5 Å². The molecule has 0 saturated heterocycles. The lowest BCUT2D eigenvalue weighted by atomic mass is 9.84. The maximum absolute atomic E-state index is 5.72. The van der Waals surface area contributed by atoms with Crippen LogP contribution in [0, 0.1) is 11.3 Å². The topological polar surface area (TPSA) is 43.8 Å². The number of nitrogens with zero attached hydrogens (tertiary/aromatic N) is 2. The fourth-order valence-corrected chi connectivity index (χ4v) is 3.02. The van der Waals surface area contributed by atoms with Gasteiger partial charge in [-0.25, -0.2) is 4.98 Å². The molecule has 0 radical (unpaired) electrons. The monoisotopic (exact) mass is 273 g/mol. The molecule has 2 rings (SSSR count). The summed E-state index contributed by atoms with van der Waals surface area (Å²) < 4.78 is 2.22. The summed E-state index contributed by atoms with van der Waals surface area (Å²) in [5.41, 5.74) is 9.51. The predicted octanol–water partition coefficient (Wildman–Crippen LogP) is 3.65. The van der Waals surface area contributed by atoms with Gasteiger partial charge in [-0.2, -0.15) is 0 Å². The fraction of sp³-hybridized carbons (Fsp3) is 0.588. The Morgan fingerprint density at radius 3 is 2.60 bits per heavy atom. The SMILES string of the molecule is CC(Cc1nc2ccc(CN)cc2n1C)CC(C)(C)C. The average Bonchev–Trinajstić information content (AvgIpc) is 2.63. The summed E-state index contributed by atoms with van der Waals surface area (Å²) in [4.78, 5) is 4.78. The summed E-state index contributed by atoms with van der Waals surface area (Å²) in [5, 5.41) is 0. The third-order valence-corrected chi connectivity index (χ3v) is 3.77. The zero-order valence-electron chi connectivity index (χ0n) is 13.4. The molecule has 0 spiro atoms. The Balaban J connectivity index is 2.25. The molecule has 1 atom stereocenters. The van der Waals surface area contributed by atoms with Crippen molar-refractivity contribution in [2.75, 3.05) is 0 Å². The van der Waals surface area contributed by atoms with Crippen molar-refractivity contribution in [1.82, 2.24) is 9.55 Å². The molecular weight excluding hydrogens is 246 g/mol. The molecule has 3 nitrogen and oxygen atoms in total. The lowest BCUT2D eigenvalue weighted by Gasteiger charge is -2.22. The Morgan fingerprint density at radius 1 is 1.30 bits per heavy atom. The Hall–Kier alpha value is -1.35. The molecule has 0 aliphatic carbocycles. The summed E-state index contributed by atoms with van der Waals surface area (Å²) in [7, 11) is 2.11. The van der Waals surface area contributed by atoms with Gasteiger partial charge < -0.3 is 10.3 Å². The highest BCUT2D eigenvalue weighted by atomic mass is 15.1. The number of benzene rings is 1. The molecule has 1 aromatic heterocycles. The Kier molecular flexibility index (Phi) is 4.19. The van der Waals surface area contributed by atoms with Crippen molar-refractivity contribution in [3.63, 3.8) is 0 Å². The van der Waals surface area contributed by atoms with Gasteiger partial charge in [0, 0.05) is 20.0 Å². The van der Waals surface area contributed by atoms with Crippen LogP contribution in [-0.2, 0) is 20.0 Å². The number of fused-ring (bicyclic) bond motifs is 1. The minimum absolute atomic E-state index is 0.372. The molecule has 2 N–H and O–H groups in total. The molecule has 1 aromatic carbocycles. The molecule has 20 heavy (non-hydrogen) atoms. The fourth-order valence-electron chi connectivity index (χ4n) is 3.02. The van der Waals surface area contributed by atoms with E-state index in [0.717, 1.165) is 17.5 Å². The van der Waals surface area contributed by atoms with Crippen LogP contribution in [0.25, 0.3) is 11.0 Å². The van der Waals surface area contributed by atoms with Crippen molar-refractivity contribution in [3.8, 4) is 0 Å². The highest BCUT2D eigenvalue weighted by Crippen LogP contribution is 2.27. The van der Waals surface area contributed by atoms with Gasteiger partial charge in [-0.3, -0.25) is 0 Å². The summed E-state index contributed by atoms with van der Waals surface area (Å²) in [5.74, 6) is 1.81. The van der Waals surface area contributed by atoms with E-state index >= 15 is 0 Å². The van der Waals surface area contributed by atoms with Crippen LogP contribution in [0.15, 0.2) is 18.2 Å². The normalized spacial score (nSPS) is 13.9. The van der Waals surface area contributed by atoms with E-state index in [9.17, 15) is 0 Å². The number of hydrogen-bond donors (Lipinski definition) is 1. The zero-order chi connectivity index (χ0) is 14.9. The quantitative estimate of drug-likeness (QED) is 0.924. The van der Waals surface area contributed by atoms with E-state index in [4.69, 9.17) is 10.7 Å². The van der Waals surface area contributed by atoms with Crippen LogP contribution in [0.2, 0.25) is 0 Å². The second-order valence-corrected chi connectivity index (χ2v) is 7.19. The molecule has 2 aromatic rings. The van der Waals surface area contributed by atoms with Crippen LogP contribution in [0.3, 0.4) is 0 Å². The van der Waals surface area contributed by atoms with Gasteiger partial charge >= 0.3 is 0 Å². The van der Waals surface area contributed by atoms with Crippen LogP contribution >= 0.6 is 0 Å². The van der Waals surface area contributed by atoms with Gasteiger partial charge in [-0.15, -0.1) is 0 Å². The Bertz CT molecular complexity index is 590. The second-order valence-electron chi connectivity index (χ2n) is 7.19. The molecule has 0 saturated carbocycles. The van der Waals surface area contributed by atoms with Crippen molar-refractivity contribution in [2.45, 2.75) is 47.1 Å². The standard InChI is InChI=1S/C17H27N3/c1-12(10-17(2,3)4)8-16-19-14-7-6-13(11-18)9-15(14)20(16)5/h6-7,9,12H,8,10-11,18H2,1-5H3. The van der Waals surface area contributed by atoms with E-state index in [1.54, 1.807) is 0 Å². The van der Waals surface area contributed by atoms with Crippen molar-refractivity contribution in [2.24, 2.45) is 24.1 Å². The third kappa shape index (κ3) is 3.40. The highest BCUT2D eigenvalue weighted by Gasteiger charge is 2.18. The highest BCUT2D eigenvalue weighted by molar-refractivity contribution is 5.76. The molecule has 110 valence electrons. The maximum Gasteiger partial charge on any atom is 0.109 e. The van der Waals surface area contributed by atoms with Crippen LogP contribution in [-0.4, -0.2) is 9.55 Å². The molecule has 1 unspecified atom stereocenters. The average molecular weight is 273 g/mol. The number of imidazole rings is 1. The molecular formula is C17H27N3. The van der Waals surface area contributed by atoms with Gasteiger partial charge in [-0.1, -0.05) is 33.8 Å². The van der Waals surface area contributed by atoms with Crippen molar-refractivity contribution in [1.29, 1.82) is 0 Å². The van der Waals surface area contributed by atoms with E-state index in [0.29, 0.717) is 17.9 Å². The number of rotatable bonds is 4. The Morgan fingerprint density at radius 2 is 2.00 bits per heavy atom. The number of hydrogen-bond acceptors (Lipinski definition) is 2. The van der Waals surface area contributed by atoms with Gasteiger partial charge in [0.05, 0.1) is 11.0 Å². The van der Waals surface area contributed by atoms with Crippen LogP contribution < -0.4 is 5.73 Å². The summed E-state index contributed by atoms with van der Waals surface area (Å²) in [6.45, 7) is 9.79. The van der Waals surface area contributed by atoms with E-state index in [-0.39, 0.29) is 0 Å². The smallest absolute Gasteiger partial charge is 0.109 e. The minimum atomic E-state index is 0.372. The first kappa shape index (κ1) is 15.0. The predicted molar refractivity (Wildman–Crippen MR) is 85.5 cm³/mol. The first-order valence-electron chi connectivity index (χ1n) is 7.44. The van der Waals surface area contributed by atoms with E-state index in [1.807, 2.05) is 0 Å². The molecule has 0 amide bonds. The summed E-state index contributed by atoms with van der Waals surface area (Å²) in [6.07, 6.45) is 2.24. The van der Waals surface area contributed by atoms with Gasteiger partial charge in [0.15, 0.2) is 0 Å². The lowest BCUT2D eigenvalue weighted by molar-refractivity contribution is 0.303. The lowest BCUT2D eigenvalue weighted by Crippen LogP contribution is -2.14. The van der Waals surface area contributed by atoms with Crippen molar-refractivity contribution in [3.05, 3.63) is 29.6 Å². The molecule has 3 heteroatoms. The van der Waals surface area contributed by atoms with Gasteiger partial charge in [0.25, 0.3) is 0 Å². The van der Waals surface area contributed by atoms with E-state index in [1.165, 1.54) is 17.8 Å². The Labute approximate surface area is 122 Å². The molecule has 0 fully saturated rings. The minimum Gasteiger partial charge on any atom is -0.331 e. The zero-order valence-corrected chi connectivity index (χ0v) is 13.4.